The van der Waals surface area contributed by atoms with Crippen LogP contribution in [0.1, 0.15) is 53.4 Å². The summed E-state index contributed by atoms with van der Waals surface area (Å²) in [7, 11) is 4.26. The molecular weight excluding hydrogens is 230 g/mol. The van der Waals surface area contributed by atoms with E-state index in [1.54, 1.807) is 4.42 Å². The maximum atomic E-state index is 6.10. The standard InChI is InChI=1S/C13H28BClN2/c1-6-8-10-14-17(11-9-7-2)12-13(3,4)16(5)15/h10H,6-9,11-12H2,1-5H3/p+1. The van der Waals surface area contributed by atoms with Crippen molar-refractivity contribution in [1.29, 1.82) is 0 Å². The first-order chi connectivity index (χ1) is 7.94. The van der Waals surface area contributed by atoms with E-state index in [1.165, 1.54) is 37.0 Å². The van der Waals surface area contributed by atoms with Crippen LogP contribution in [-0.2, 0) is 0 Å². The van der Waals surface area contributed by atoms with Gasteiger partial charge in [0.25, 0.3) is 0 Å². The molecule has 0 aromatic rings. The number of unbranched alkanes of at least 4 members (excludes halogenated alkanes) is 2. The minimum atomic E-state index is 0.0290. The molecule has 0 aromatic carbocycles. The van der Waals surface area contributed by atoms with E-state index in [-0.39, 0.29) is 5.54 Å². The topological polar surface area (TPSA) is 7.68 Å². The van der Waals surface area contributed by atoms with Crippen molar-refractivity contribution in [1.82, 2.24) is 4.42 Å². The summed E-state index contributed by atoms with van der Waals surface area (Å²) in [5.41, 5.74) is 0.0290. The van der Waals surface area contributed by atoms with Crippen LogP contribution < -0.4 is 4.81 Å². The monoisotopic (exact) mass is 259 g/mol. The van der Waals surface area contributed by atoms with E-state index in [4.69, 9.17) is 11.8 Å². The van der Waals surface area contributed by atoms with Crippen molar-refractivity contribution in [2.24, 2.45) is 0 Å². The number of nitrogens with one attached hydrogen (secondary N) is 1. The molecule has 1 atom stereocenters. The maximum absolute atomic E-state index is 6.10. The molecule has 4 heteroatoms. The van der Waals surface area contributed by atoms with Crippen LogP contribution in [0.3, 0.4) is 0 Å². The van der Waals surface area contributed by atoms with Gasteiger partial charge in [-0.3, -0.25) is 0 Å². The molecular formula is C13H29BClN2+. The molecule has 0 spiro atoms. The normalized spacial score (nSPS) is 14.3. The predicted octanol–water partition coefficient (Wildman–Crippen LogP) is 1.76. The number of quaternary nitrogens is 1. The molecule has 0 saturated carbocycles. The molecule has 0 bridgehead atoms. The van der Waals surface area contributed by atoms with Gasteiger partial charge < -0.3 is 0 Å². The number of nitrogens with zero attached hydrogens (tertiary/aromatic N) is 1. The molecule has 100 valence electrons. The van der Waals surface area contributed by atoms with Crippen LogP contribution in [0.5, 0.6) is 0 Å². The molecule has 0 aliphatic rings. The van der Waals surface area contributed by atoms with Crippen molar-refractivity contribution in [3.05, 3.63) is 0 Å². The Balaban J connectivity index is 4.36. The number of likely N-dealkylation sites (N-methyl/N-ethyl adjacent to an activating group) is 1. The van der Waals surface area contributed by atoms with E-state index in [2.05, 4.69) is 40.7 Å². The second kappa shape index (κ2) is 9.13. The van der Waals surface area contributed by atoms with Gasteiger partial charge in [-0.2, -0.15) is 0 Å². The van der Waals surface area contributed by atoms with Crippen molar-refractivity contribution in [2.75, 3.05) is 20.1 Å². The van der Waals surface area contributed by atoms with Gasteiger partial charge in [0.05, 0.1) is 0 Å². The summed E-state index contributed by atoms with van der Waals surface area (Å²) in [6.45, 7) is 11.1. The van der Waals surface area contributed by atoms with E-state index >= 15 is 0 Å². The average Bonchev–Trinajstić information content (AvgIpc) is 2.25. The van der Waals surface area contributed by atoms with Gasteiger partial charge in [-0.15, -0.1) is 0 Å². The van der Waals surface area contributed by atoms with Gasteiger partial charge in [-0.05, 0) is 0 Å². The van der Waals surface area contributed by atoms with Gasteiger partial charge in [-0.25, -0.2) is 0 Å². The second-order valence-corrected chi connectivity index (χ2v) is 5.93. The molecule has 0 amide bonds. The summed E-state index contributed by atoms with van der Waals surface area (Å²) >= 11 is 6.10. The average molecular weight is 260 g/mol. The zero-order valence-corrected chi connectivity index (χ0v) is 13.0. The Morgan fingerprint density at radius 3 is 2.41 bits per heavy atom. The molecule has 0 saturated heterocycles. The Kier molecular flexibility index (Phi) is 9.20. The van der Waals surface area contributed by atoms with E-state index in [0.717, 1.165) is 6.54 Å². The minimum absolute atomic E-state index is 0.0290. The Morgan fingerprint density at radius 1 is 1.29 bits per heavy atom. The third-order valence-electron chi connectivity index (χ3n) is 3.15. The quantitative estimate of drug-likeness (QED) is 0.490. The fourth-order valence-electron chi connectivity index (χ4n) is 1.72. The number of hydrogen-bond acceptors (Lipinski definition) is 1. The molecule has 0 rings (SSSR count). The molecule has 17 heavy (non-hydrogen) atoms. The summed E-state index contributed by atoms with van der Waals surface area (Å²) in [4.78, 5) is 1.53. The van der Waals surface area contributed by atoms with Gasteiger partial charge in [-0.1, -0.05) is 0 Å². The third-order valence-corrected chi connectivity index (χ3v) is 3.61. The Hall–Kier alpha value is 0.145. The van der Waals surface area contributed by atoms with Crippen molar-refractivity contribution in [3.63, 3.8) is 0 Å². The van der Waals surface area contributed by atoms with Gasteiger partial charge in [0.2, 0.25) is 0 Å². The van der Waals surface area contributed by atoms with E-state index < -0.39 is 0 Å². The van der Waals surface area contributed by atoms with Crippen LogP contribution in [0.2, 0.25) is 0 Å². The molecule has 1 N–H and O–H groups in total. The summed E-state index contributed by atoms with van der Waals surface area (Å²) in [5, 5.41) is 0. The van der Waals surface area contributed by atoms with Gasteiger partial charge in [0.1, 0.15) is 0 Å². The fraction of sp³-hybridized carbons (Fsp3) is 0.923. The summed E-state index contributed by atoms with van der Waals surface area (Å²) < 4.78 is 1.80. The number of hydrogen-bond donors (Lipinski definition) is 1. The zero-order valence-electron chi connectivity index (χ0n) is 12.2. The summed E-state index contributed by atoms with van der Waals surface area (Å²) in [6.07, 6.45) is 4.92. The molecule has 1 unspecified atom stereocenters. The van der Waals surface area contributed by atoms with Gasteiger partial charge in [0, 0.05) is 0 Å². The Morgan fingerprint density at radius 2 is 1.94 bits per heavy atom. The molecule has 0 fully saturated rings. The van der Waals surface area contributed by atoms with Crippen LogP contribution in [0.4, 0.5) is 0 Å². The van der Waals surface area contributed by atoms with Crippen LogP contribution >= 0.6 is 11.8 Å². The van der Waals surface area contributed by atoms with Crippen molar-refractivity contribution in [3.8, 4) is 0 Å². The first-order valence-corrected chi connectivity index (χ1v) is 7.18. The van der Waals surface area contributed by atoms with E-state index in [1.807, 2.05) is 7.05 Å². The molecule has 0 aromatic heterocycles. The predicted molar refractivity (Wildman–Crippen MR) is 80.0 cm³/mol. The summed E-state index contributed by atoms with van der Waals surface area (Å²) in [6, 6.07) is 0. The summed E-state index contributed by atoms with van der Waals surface area (Å²) in [5.74, 6) is 2.30. The van der Waals surface area contributed by atoms with Crippen LogP contribution in [-0.4, -0.2) is 43.1 Å². The number of rotatable bonds is 9. The van der Waals surface area contributed by atoms with Crippen LogP contribution in [0, 0.1) is 0 Å². The van der Waals surface area contributed by atoms with Crippen molar-refractivity contribution >= 4 is 24.8 Å². The first-order valence-electron chi connectivity index (χ1n) is 6.84. The van der Waals surface area contributed by atoms with E-state index in [0.29, 0.717) is 0 Å². The van der Waals surface area contributed by atoms with Gasteiger partial charge in [0.15, 0.2) is 0 Å². The third kappa shape index (κ3) is 7.96. The molecule has 0 aliphatic carbocycles. The molecule has 0 heterocycles. The fourth-order valence-corrected chi connectivity index (χ4v) is 1.78. The van der Waals surface area contributed by atoms with Crippen LogP contribution in [0.25, 0.3) is 0 Å². The van der Waals surface area contributed by atoms with Crippen molar-refractivity contribution < 1.29 is 4.81 Å². The SMILES string of the molecule is CCCC=B[NH+](CCCC)CC(C)(C)N(C)Cl. The zero-order chi connectivity index (χ0) is 13.3. The molecule has 0 aliphatic heterocycles. The Labute approximate surface area is 113 Å². The Bertz CT molecular complexity index is 217. The van der Waals surface area contributed by atoms with Crippen LogP contribution in [0.15, 0.2) is 0 Å². The van der Waals surface area contributed by atoms with Crippen molar-refractivity contribution in [2.45, 2.75) is 58.9 Å². The second-order valence-electron chi connectivity index (χ2n) is 5.42. The van der Waals surface area contributed by atoms with Gasteiger partial charge >= 0.3 is 113 Å². The molecule has 2 nitrogen and oxygen atoms in total. The van der Waals surface area contributed by atoms with E-state index in [9.17, 15) is 0 Å². The number of halogens is 1. The first kappa shape index (κ1) is 17.1. The molecule has 0 radical (unpaired) electrons.